The molecule has 26 heavy (non-hydrogen) atoms. The Labute approximate surface area is 154 Å². The molecule has 5 rings (SSSR count). The topological polar surface area (TPSA) is 66.8 Å². The molecule has 1 aromatic carbocycles. The van der Waals surface area contributed by atoms with E-state index in [0.29, 0.717) is 18.8 Å². The molecular weight excluding hydrogens is 346 g/mol. The Morgan fingerprint density at radius 2 is 2.19 bits per heavy atom. The van der Waals surface area contributed by atoms with E-state index in [9.17, 15) is 4.79 Å². The Balaban J connectivity index is 1.45. The molecule has 6 nitrogen and oxygen atoms in total. The van der Waals surface area contributed by atoms with Crippen LogP contribution in [-0.2, 0) is 20.0 Å². The molecule has 0 atom stereocenters. The second-order valence-corrected chi connectivity index (χ2v) is 7.35. The van der Waals surface area contributed by atoms with Gasteiger partial charge in [-0.3, -0.25) is 4.79 Å². The number of amides is 1. The van der Waals surface area contributed by atoms with E-state index in [-0.39, 0.29) is 5.91 Å². The molecule has 0 saturated heterocycles. The second kappa shape index (κ2) is 5.81. The molecule has 4 heterocycles. The summed E-state index contributed by atoms with van der Waals surface area (Å²) in [5.41, 5.74) is 4.79. The summed E-state index contributed by atoms with van der Waals surface area (Å²) in [5.74, 6) is -0.0217. The van der Waals surface area contributed by atoms with E-state index in [0.717, 1.165) is 34.0 Å². The first-order chi connectivity index (χ1) is 12.7. The monoisotopic (exact) mass is 363 g/mol. The Hall–Kier alpha value is -2.93. The third kappa shape index (κ3) is 2.35. The zero-order chi connectivity index (χ0) is 17.7. The number of hydrogen-bond donors (Lipinski definition) is 1. The Bertz CT molecular complexity index is 1120. The van der Waals surface area contributed by atoms with E-state index < -0.39 is 0 Å². The molecule has 0 bridgehead atoms. The average Bonchev–Trinajstić information content (AvgIpc) is 3.39. The lowest BCUT2D eigenvalue weighted by Crippen LogP contribution is -2.36. The van der Waals surface area contributed by atoms with Crippen molar-refractivity contribution in [2.45, 2.75) is 13.0 Å². The number of nitrogens with zero attached hydrogens (tertiary/aromatic N) is 4. The second-order valence-electron chi connectivity index (χ2n) is 6.49. The van der Waals surface area contributed by atoms with Gasteiger partial charge in [-0.25, -0.2) is 9.97 Å². The van der Waals surface area contributed by atoms with Crippen LogP contribution in [0.4, 0.5) is 0 Å². The molecule has 0 radical (unpaired) electrons. The van der Waals surface area contributed by atoms with E-state index in [1.807, 2.05) is 29.5 Å². The van der Waals surface area contributed by atoms with Crippen molar-refractivity contribution in [3.63, 3.8) is 0 Å². The van der Waals surface area contributed by atoms with Gasteiger partial charge in [0.2, 0.25) is 0 Å². The van der Waals surface area contributed by atoms with Crippen LogP contribution in [0.15, 0.2) is 42.0 Å². The lowest BCUT2D eigenvalue weighted by atomic mass is 10.1. The number of thiazole rings is 1. The van der Waals surface area contributed by atoms with Gasteiger partial charge >= 0.3 is 0 Å². The van der Waals surface area contributed by atoms with Crippen LogP contribution in [0, 0.1) is 0 Å². The van der Waals surface area contributed by atoms with Crippen LogP contribution in [0.1, 0.15) is 21.9 Å². The number of aromatic nitrogens is 4. The van der Waals surface area contributed by atoms with Gasteiger partial charge in [0.05, 0.1) is 30.0 Å². The first kappa shape index (κ1) is 15.3. The highest BCUT2D eigenvalue weighted by molar-refractivity contribution is 7.13. The fraction of sp³-hybridized carbons (Fsp3) is 0.211. The van der Waals surface area contributed by atoms with Crippen molar-refractivity contribution in [2.24, 2.45) is 7.05 Å². The predicted octanol–water partition coefficient (Wildman–Crippen LogP) is 3.22. The van der Waals surface area contributed by atoms with Crippen LogP contribution >= 0.6 is 11.3 Å². The summed E-state index contributed by atoms with van der Waals surface area (Å²) in [6.07, 6.45) is 2.48. The van der Waals surface area contributed by atoms with E-state index in [4.69, 9.17) is 0 Å². The molecule has 0 aliphatic carbocycles. The van der Waals surface area contributed by atoms with Gasteiger partial charge in [0, 0.05) is 36.3 Å². The van der Waals surface area contributed by atoms with Gasteiger partial charge in [-0.2, -0.15) is 0 Å². The van der Waals surface area contributed by atoms with Crippen LogP contribution in [0.2, 0.25) is 0 Å². The molecule has 0 unspecified atom stereocenters. The van der Waals surface area contributed by atoms with Crippen molar-refractivity contribution < 1.29 is 4.79 Å². The van der Waals surface area contributed by atoms with Gasteiger partial charge in [-0.1, -0.05) is 18.2 Å². The van der Waals surface area contributed by atoms with Gasteiger partial charge < -0.3 is 14.5 Å². The number of carbonyl (C=O) groups excluding carboxylic acids is 1. The summed E-state index contributed by atoms with van der Waals surface area (Å²) in [7, 11) is 2.03. The third-order valence-corrected chi connectivity index (χ3v) is 5.82. The highest BCUT2D eigenvalue weighted by Crippen LogP contribution is 2.30. The number of rotatable bonds is 2. The SMILES string of the molecule is Cn1c(-c2nc(C(=O)N3CCc4nc[nH]c4C3)cs2)cc2ccccc21. The van der Waals surface area contributed by atoms with Crippen LogP contribution < -0.4 is 0 Å². The number of para-hydroxylation sites is 1. The highest BCUT2D eigenvalue weighted by Gasteiger charge is 2.25. The minimum Gasteiger partial charge on any atom is -0.347 e. The van der Waals surface area contributed by atoms with E-state index in [2.05, 4.69) is 37.7 Å². The van der Waals surface area contributed by atoms with Crippen LogP contribution in [0.3, 0.4) is 0 Å². The Kier molecular flexibility index (Phi) is 3.43. The third-order valence-electron chi connectivity index (χ3n) is 4.96. The largest absolute Gasteiger partial charge is 0.347 e. The van der Waals surface area contributed by atoms with Crippen molar-refractivity contribution in [2.75, 3.05) is 6.54 Å². The minimum atomic E-state index is -0.0217. The molecule has 1 aliphatic heterocycles. The van der Waals surface area contributed by atoms with Crippen molar-refractivity contribution in [3.05, 3.63) is 59.1 Å². The first-order valence-electron chi connectivity index (χ1n) is 8.51. The zero-order valence-electron chi connectivity index (χ0n) is 14.3. The van der Waals surface area contributed by atoms with Crippen LogP contribution in [-0.4, -0.2) is 36.9 Å². The molecule has 4 aromatic rings. The van der Waals surface area contributed by atoms with E-state index in [1.165, 1.54) is 16.7 Å². The van der Waals surface area contributed by atoms with Crippen LogP contribution in [0.25, 0.3) is 21.6 Å². The number of aromatic amines is 1. The molecule has 3 aromatic heterocycles. The van der Waals surface area contributed by atoms with Gasteiger partial charge in [0.25, 0.3) is 5.91 Å². The lowest BCUT2D eigenvalue weighted by Gasteiger charge is -2.25. The summed E-state index contributed by atoms with van der Waals surface area (Å²) in [6.45, 7) is 1.24. The normalized spacial score (nSPS) is 14.0. The number of benzene rings is 1. The predicted molar refractivity (Wildman–Crippen MR) is 101 cm³/mol. The fourth-order valence-corrected chi connectivity index (χ4v) is 4.38. The van der Waals surface area contributed by atoms with Gasteiger partial charge in [0.15, 0.2) is 0 Å². The number of fused-ring (bicyclic) bond motifs is 2. The number of nitrogens with one attached hydrogen (secondary N) is 1. The minimum absolute atomic E-state index is 0.0217. The Morgan fingerprint density at radius 3 is 3.08 bits per heavy atom. The van der Waals surface area contributed by atoms with Gasteiger partial charge in [-0.15, -0.1) is 11.3 Å². The maximum Gasteiger partial charge on any atom is 0.273 e. The van der Waals surface area contributed by atoms with E-state index in [1.54, 1.807) is 6.33 Å². The zero-order valence-corrected chi connectivity index (χ0v) is 15.1. The van der Waals surface area contributed by atoms with Crippen molar-refractivity contribution >= 4 is 28.1 Å². The first-order valence-corrected chi connectivity index (χ1v) is 9.39. The van der Waals surface area contributed by atoms with Gasteiger partial charge in [0.1, 0.15) is 10.7 Å². The molecule has 1 N–H and O–H groups in total. The molecule has 130 valence electrons. The Morgan fingerprint density at radius 1 is 1.31 bits per heavy atom. The maximum atomic E-state index is 12.9. The average molecular weight is 363 g/mol. The number of carbonyl (C=O) groups is 1. The van der Waals surface area contributed by atoms with Gasteiger partial charge in [-0.05, 0) is 12.1 Å². The number of hydrogen-bond acceptors (Lipinski definition) is 4. The summed E-state index contributed by atoms with van der Waals surface area (Å²) in [5, 5.41) is 3.90. The summed E-state index contributed by atoms with van der Waals surface area (Å²) in [4.78, 5) is 26.7. The molecule has 0 spiro atoms. The molecule has 0 fully saturated rings. The number of imidazole rings is 1. The van der Waals surface area contributed by atoms with Crippen molar-refractivity contribution in [1.29, 1.82) is 0 Å². The van der Waals surface area contributed by atoms with Crippen molar-refractivity contribution in [3.8, 4) is 10.7 Å². The molecule has 1 amide bonds. The maximum absolute atomic E-state index is 12.9. The fourth-order valence-electron chi connectivity index (χ4n) is 3.53. The van der Waals surface area contributed by atoms with Crippen LogP contribution in [0.5, 0.6) is 0 Å². The summed E-state index contributed by atoms with van der Waals surface area (Å²) >= 11 is 1.51. The quantitative estimate of drug-likeness (QED) is 0.595. The number of aryl methyl sites for hydroxylation is 1. The molecule has 7 heteroatoms. The summed E-state index contributed by atoms with van der Waals surface area (Å²) in [6, 6.07) is 10.4. The molecule has 1 aliphatic rings. The van der Waals surface area contributed by atoms with E-state index >= 15 is 0 Å². The number of H-pyrrole nitrogens is 1. The van der Waals surface area contributed by atoms with Crippen molar-refractivity contribution in [1.82, 2.24) is 24.4 Å². The lowest BCUT2D eigenvalue weighted by molar-refractivity contribution is 0.0727. The standard InChI is InChI=1S/C19H17N5OS/c1-23-16-5-3-2-4-12(16)8-17(23)18-22-15(10-26-18)19(25)24-7-6-13-14(9-24)21-11-20-13/h2-5,8,10-11H,6-7,9H2,1H3,(H,20,21). The summed E-state index contributed by atoms with van der Waals surface area (Å²) < 4.78 is 2.13. The molecule has 0 saturated carbocycles. The smallest absolute Gasteiger partial charge is 0.273 e. The highest BCUT2D eigenvalue weighted by atomic mass is 32.1. The molecular formula is C19H17N5OS.